The summed E-state index contributed by atoms with van der Waals surface area (Å²) in [5.41, 5.74) is 3.37. The zero-order chi connectivity index (χ0) is 18.5. The summed E-state index contributed by atoms with van der Waals surface area (Å²) in [6, 6.07) is 7.97. The van der Waals surface area contributed by atoms with Gasteiger partial charge < -0.3 is 10.1 Å². The predicted molar refractivity (Wildman–Crippen MR) is 102 cm³/mol. The van der Waals surface area contributed by atoms with Gasteiger partial charge in [-0.3, -0.25) is 4.79 Å². The van der Waals surface area contributed by atoms with E-state index in [1.165, 1.54) is 19.3 Å². The number of benzene rings is 1. The van der Waals surface area contributed by atoms with Gasteiger partial charge >= 0.3 is 5.97 Å². The van der Waals surface area contributed by atoms with E-state index in [-0.39, 0.29) is 30.3 Å². The highest BCUT2D eigenvalue weighted by Crippen LogP contribution is 2.35. The molecule has 1 aromatic carbocycles. The predicted octanol–water partition coefficient (Wildman–Crippen LogP) is 4.53. The van der Waals surface area contributed by atoms with Crippen LogP contribution in [0, 0.1) is 6.92 Å². The summed E-state index contributed by atoms with van der Waals surface area (Å²) in [5, 5.41) is 2.83. The van der Waals surface area contributed by atoms with Gasteiger partial charge in [-0.05, 0) is 50.7 Å². The minimum absolute atomic E-state index is 0.00162. The average molecular weight is 355 g/mol. The summed E-state index contributed by atoms with van der Waals surface area (Å²) >= 11 is 0. The Hall–Kier alpha value is -2.10. The molecule has 4 heteroatoms. The smallest absolute Gasteiger partial charge is 0.336 e. The molecule has 4 nitrogen and oxygen atoms in total. The highest BCUT2D eigenvalue weighted by atomic mass is 16.5. The molecular weight excluding hydrogens is 326 g/mol. The molecule has 0 radical (unpaired) electrons. The molecule has 1 aliphatic carbocycles. The molecule has 0 saturated heterocycles. The number of hydrogen-bond acceptors (Lipinski definition) is 3. The van der Waals surface area contributed by atoms with Gasteiger partial charge in [-0.25, -0.2) is 4.79 Å². The van der Waals surface area contributed by atoms with Crippen molar-refractivity contribution in [3.63, 3.8) is 0 Å². The number of hydrogen-bond donors (Lipinski definition) is 1. The Morgan fingerprint density at radius 2 is 1.69 bits per heavy atom. The van der Waals surface area contributed by atoms with Crippen molar-refractivity contribution in [2.45, 2.75) is 77.2 Å². The zero-order valence-corrected chi connectivity index (χ0v) is 15.8. The molecule has 1 N–H and O–H groups in total. The van der Waals surface area contributed by atoms with Crippen LogP contribution in [0.1, 0.15) is 75.3 Å². The lowest BCUT2D eigenvalue weighted by Gasteiger charge is -2.29. The fourth-order valence-corrected chi connectivity index (χ4v) is 4.17. The number of aryl methyl sites for hydroxylation is 1. The Kier molecular flexibility index (Phi) is 6.12. The van der Waals surface area contributed by atoms with Crippen LogP contribution in [0.4, 0.5) is 0 Å². The lowest BCUT2D eigenvalue weighted by atomic mass is 9.82. The molecule has 0 bridgehead atoms. The second-order valence-corrected chi connectivity index (χ2v) is 7.57. The fourth-order valence-electron chi connectivity index (χ4n) is 4.17. The number of amides is 1. The molecule has 0 aromatic heterocycles. The molecule has 0 spiro atoms. The van der Waals surface area contributed by atoms with Crippen LogP contribution in [0.15, 0.2) is 35.5 Å². The van der Waals surface area contributed by atoms with Gasteiger partial charge in [0.05, 0.1) is 5.57 Å². The summed E-state index contributed by atoms with van der Waals surface area (Å²) < 4.78 is 5.92. The van der Waals surface area contributed by atoms with Crippen molar-refractivity contribution >= 4 is 11.9 Å². The van der Waals surface area contributed by atoms with E-state index in [2.05, 4.69) is 5.32 Å². The molecule has 0 unspecified atom stereocenters. The summed E-state index contributed by atoms with van der Waals surface area (Å²) in [6.07, 6.45) is 8.14. The van der Waals surface area contributed by atoms with Crippen LogP contribution in [-0.4, -0.2) is 18.0 Å². The Morgan fingerprint density at radius 1 is 1.04 bits per heavy atom. The van der Waals surface area contributed by atoms with E-state index < -0.39 is 0 Å². The molecule has 1 aromatic rings. The first-order valence-corrected chi connectivity index (χ1v) is 9.83. The third-order valence-corrected chi connectivity index (χ3v) is 5.58. The maximum Gasteiger partial charge on any atom is 0.336 e. The molecule has 2 aliphatic rings. The van der Waals surface area contributed by atoms with Gasteiger partial charge in [0.2, 0.25) is 5.91 Å². The number of nitrogens with one attached hydrogen (secondary N) is 1. The standard InChI is InChI=1S/C22H29NO3/c1-15-10-8-9-13-18(15)19-14-20(24)23-16(2)21(19)22(25)26-17-11-6-4-3-5-7-12-17/h8-10,13,17,19H,3-7,11-12,14H2,1-2H3,(H,23,24)/t19-/m1/s1. The van der Waals surface area contributed by atoms with E-state index in [0.29, 0.717) is 11.3 Å². The summed E-state index contributed by atoms with van der Waals surface area (Å²) in [5.74, 6) is -0.536. The molecule has 1 heterocycles. The van der Waals surface area contributed by atoms with Crippen molar-refractivity contribution in [1.82, 2.24) is 5.32 Å². The minimum atomic E-state index is -0.263. The molecule has 140 valence electrons. The second kappa shape index (κ2) is 8.52. The Morgan fingerprint density at radius 3 is 2.38 bits per heavy atom. The zero-order valence-electron chi connectivity index (χ0n) is 15.8. The fraction of sp³-hybridized carbons (Fsp3) is 0.545. The van der Waals surface area contributed by atoms with E-state index in [4.69, 9.17) is 4.74 Å². The van der Waals surface area contributed by atoms with E-state index in [9.17, 15) is 9.59 Å². The first-order chi connectivity index (χ1) is 12.6. The van der Waals surface area contributed by atoms with Crippen LogP contribution in [0.25, 0.3) is 0 Å². The SMILES string of the molecule is CC1=C(C(=O)OC2CCCCCCC2)[C@@H](c2ccccc2C)CC(=O)N1. The third kappa shape index (κ3) is 4.35. The molecule has 1 fully saturated rings. The number of carbonyl (C=O) groups excluding carboxylic acids is 2. The lowest BCUT2D eigenvalue weighted by Crippen LogP contribution is -2.35. The number of rotatable bonds is 3. The van der Waals surface area contributed by atoms with Crippen LogP contribution < -0.4 is 5.32 Å². The summed E-state index contributed by atoms with van der Waals surface area (Å²) in [4.78, 5) is 25.2. The van der Waals surface area contributed by atoms with Crippen LogP contribution >= 0.6 is 0 Å². The van der Waals surface area contributed by atoms with Crippen LogP contribution in [0.5, 0.6) is 0 Å². The molecule has 1 saturated carbocycles. The Balaban J connectivity index is 1.83. The van der Waals surface area contributed by atoms with Crippen molar-refractivity contribution < 1.29 is 14.3 Å². The maximum atomic E-state index is 13.0. The summed E-state index contributed by atoms with van der Waals surface area (Å²) in [7, 11) is 0. The Bertz CT molecular complexity index is 699. The Labute approximate surface area is 156 Å². The van der Waals surface area contributed by atoms with Gasteiger partial charge in [0, 0.05) is 18.0 Å². The first kappa shape index (κ1) is 18.7. The maximum absolute atomic E-state index is 13.0. The highest BCUT2D eigenvalue weighted by molar-refractivity contribution is 5.96. The highest BCUT2D eigenvalue weighted by Gasteiger charge is 2.34. The number of esters is 1. The van der Waals surface area contributed by atoms with E-state index in [1.54, 1.807) is 6.92 Å². The van der Waals surface area contributed by atoms with Crippen LogP contribution in [-0.2, 0) is 14.3 Å². The van der Waals surface area contributed by atoms with Crippen molar-refractivity contribution in [3.8, 4) is 0 Å². The normalized spacial score (nSPS) is 22.4. The van der Waals surface area contributed by atoms with Crippen LogP contribution in [0.3, 0.4) is 0 Å². The van der Waals surface area contributed by atoms with Gasteiger partial charge in [-0.2, -0.15) is 0 Å². The van der Waals surface area contributed by atoms with E-state index in [1.807, 2.05) is 31.2 Å². The van der Waals surface area contributed by atoms with Crippen molar-refractivity contribution in [1.29, 1.82) is 0 Å². The van der Waals surface area contributed by atoms with Gasteiger partial charge in [0.15, 0.2) is 0 Å². The third-order valence-electron chi connectivity index (χ3n) is 5.58. The largest absolute Gasteiger partial charge is 0.459 e. The van der Waals surface area contributed by atoms with Crippen molar-refractivity contribution in [2.75, 3.05) is 0 Å². The molecule has 3 rings (SSSR count). The molecule has 1 atom stereocenters. The minimum Gasteiger partial charge on any atom is -0.459 e. The van der Waals surface area contributed by atoms with Crippen molar-refractivity contribution in [2.24, 2.45) is 0 Å². The first-order valence-electron chi connectivity index (χ1n) is 9.83. The van der Waals surface area contributed by atoms with Gasteiger partial charge in [-0.1, -0.05) is 43.5 Å². The van der Waals surface area contributed by atoms with Crippen molar-refractivity contribution in [3.05, 3.63) is 46.7 Å². The number of allylic oxidation sites excluding steroid dienone is 1. The lowest BCUT2D eigenvalue weighted by molar-refractivity contribution is -0.145. The molecular formula is C22H29NO3. The number of ether oxygens (including phenoxy) is 1. The monoisotopic (exact) mass is 355 g/mol. The topological polar surface area (TPSA) is 55.4 Å². The number of carbonyl (C=O) groups is 2. The molecule has 1 amide bonds. The van der Waals surface area contributed by atoms with Gasteiger partial charge in [-0.15, -0.1) is 0 Å². The molecule has 1 aliphatic heterocycles. The van der Waals surface area contributed by atoms with Crippen LogP contribution in [0.2, 0.25) is 0 Å². The second-order valence-electron chi connectivity index (χ2n) is 7.57. The summed E-state index contributed by atoms with van der Waals surface area (Å²) in [6.45, 7) is 3.83. The quantitative estimate of drug-likeness (QED) is 0.811. The van der Waals surface area contributed by atoms with Gasteiger partial charge in [0.25, 0.3) is 0 Å². The van der Waals surface area contributed by atoms with E-state index in [0.717, 1.165) is 36.8 Å². The van der Waals surface area contributed by atoms with Gasteiger partial charge in [0.1, 0.15) is 6.10 Å². The van der Waals surface area contributed by atoms with E-state index >= 15 is 0 Å². The average Bonchev–Trinajstić information content (AvgIpc) is 2.56. The molecule has 26 heavy (non-hydrogen) atoms.